The van der Waals surface area contributed by atoms with E-state index in [1.54, 1.807) is 11.8 Å². The molecule has 1 aliphatic rings. The number of carbonyl (C=O) groups excluding carboxylic acids is 1. The maximum absolute atomic E-state index is 11.9. The lowest BCUT2D eigenvalue weighted by Crippen LogP contribution is -2.42. The lowest BCUT2D eigenvalue weighted by molar-refractivity contribution is -0.165. The van der Waals surface area contributed by atoms with Crippen molar-refractivity contribution in [3.63, 3.8) is 0 Å². The van der Waals surface area contributed by atoms with Gasteiger partial charge in [-0.05, 0) is 58.5 Å². The van der Waals surface area contributed by atoms with Crippen LogP contribution < -0.4 is 5.32 Å². The van der Waals surface area contributed by atoms with Crippen LogP contribution in [0.2, 0.25) is 0 Å². The molecule has 21 heavy (non-hydrogen) atoms. The maximum atomic E-state index is 11.9. The Morgan fingerprint density at radius 1 is 1.43 bits per heavy atom. The van der Waals surface area contributed by atoms with E-state index in [2.05, 4.69) is 11.6 Å². The number of alkyl carbamates (subject to hydrolysis) is 1. The zero-order chi connectivity index (χ0) is 15.7. The highest BCUT2D eigenvalue weighted by Crippen LogP contribution is 2.15. The largest absolute Gasteiger partial charge is 0.444 e. The average molecular weight is 319 g/mol. The van der Waals surface area contributed by atoms with Crippen LogP contribution in [0.15, 0.2) is 0 Å². The van der Waals surface area contributed by atoms with E-state index in [4.69, 9.17) is 14.2 Å². The Bertz CT molecular complexity index is 301. The van der Waals surface area contributed by atoms with Gasteiger partial charge < -0.3 is 19.5 Å². The average Bonchev–Trinajstić information content (AvgIpc) is 2.41. The zero-order valence-corrected chi connectivity index (χ0v) is 14.5. The van der Waals surface area contributed by atoms with Crippen molar-refractivity contribution in [1.82, 2.24) is 5.32 Å². The fourth-order valence-electron chi connectivity index (χ4n) is 2.00. The highest BCUT2D eigenvalue weighted by atomic mass is 32.2. The van der Waals surface area contributed by atoms with Crippen LogP contribution in [0, 0.1) is 0 Å². The van der Waals surface area contributed by atoms with Gasteiger partial charge in [0.05, 0.1) is 12.6 Å². The monoisotopic (exact) mass is 319 g/mol. The molecule has 2 unspecified atom stereocenters. The lowest BCUT2D eigenvalue weighted by atomic mass is 10.2. The minimum absolute atomic E-state index is 0.0437. The molecule has 0 saturated carbocycles. The van der Waals surface area contributed by atoms with Crippen LogP contribution >= 0.6 is 11.8 Å². The van der Waals surface area contributed by atoms with E-state index in [-0.39, 0.29) is 18.4 Å². The molecule has 0 spiro atoms. The molecule has 0 aliphatic carbocycles. The van der Waals surface area contributed by atoms with Gasteiger partial charge in [-0.15, -0.1) is 0 Å². The van der Waals surface area contributed by atoms with Crippen molar-refractivity contribution in [2.45, 2.75) is 64.4 Å². The van der Waals surface area contributed by atoms with E-state index in [0.717, 1.165) is 38.0 Å². The second-order valence-electron chi connectivity index (χ2n) is 6.25. The van der Waals surface area contributed by atoms with Gasteiger partial charge in [0.15, 0.2) is 6.29 Å². The van der Waals surface area contributed by atoms with Crippen LogP contribution in [0.4, 0.5) is 4.79 Å². The number of hydrogen-bond donors (Lipinski definition) is 1. The summed E-state index contributed by atoms with van der Waals surface area (Å²) in [6.45, 7) is 6.80. The Balaban J connectivity index is 2.36. The van der Waals surface area contributed by atoms with Crippen LogP contribution in [0.5, 0.6) is 0 Å². The van der Waals surface area contributed by atoms with Crippen molar-refractivity contribution < 1.29 is 19.0 Å². The second-order valence-corrected chi connectivity index (χ2v) is 7.24. The molecule has 1 N–H and O–H groups in total. The quantitative estimate of drug-likeness (QED) is 0.781. The summed E-state index contributed by atoms with van der Waals surface area (Å²) >= 11 is 1.75. The Hall–Kier alpha value is -0.460. The fraction of sp³-hybridized carbons (Fsp3) is 0.933. The molecular weight excluding hydrogens is 290 g/mol. The molecule has 0 aromatic heterocycles. The van der Waals surface area contributed by atoms with Crippen molar-refractivity contribution in [2.75, 3.05) is 25.2 Å². The number of amides is 1. The van der Waals surface area contributed by atoms with Gasteiger partial charge in [0.25, 0.3) is 0 Å². The number of carbonyl (C=O) groups is 1. The molecule has 0 aromatic rings. The molecule has 1 heterocycles. The van der Waals surface area contributed by atoms with Gasteiger partial charge in [-0.2, -0.15) is 11.8 Å². The maximum Gasteiger partial charge on any atom is 0.407 e. The first-order chi connectivity index (χ1) is 9.90. The topological polar surface area (TPSA) is 56.8 Å². The fourth-order valence-corrected chi connectivity index (χ4v) is 2.52. The minimum atomic E-state index is -0.485. The standard InChI is InChI=1S/C15H29NO4S/c1-15(2,3)20-14(17)16-12(8-10-21-4)11-19-13-7-5-6-9-18-13/h12-13H,5-11H2,1-4H3,(H,16,17). The molecule has 1 rings (SSSR count). The molecule has 1 saturated heterocycles. The first-order valence-corrected chi connectivity index (χ1v) is 9.02. The van der Waals surface area contributed by atoms with E-state index >= 15 is 0 Å². The SMILES string of the molecule is CSCCC(COC1CCCCO1)NC(=O)OC(C)(C)C. The third-order valence-electron chi connectivity index (χ3n) is 3.01. The van der Waals surface area contributed by atoms with Gasteiger partial charge in [0.2, 0.25) is 0 Å². The number of thioether (sulfide) groups is 1. The third kappa shape index (κ3) is 9.22. The molecular formula is C15H29NO4S. The smallest absolute Gasteiger partial charge is 0.407 e. The summed E-state index contributed by atoms with van der Waals surface area (Å²) in [4.78, 5) is 11.9. The number of rotatable bonds is 7. The summed E-state index contributed by atoms with van der Waals surface area (Å²) in [6, 6.07) is -0.0437. The van der Waals surface area contributed by atoms with E-state index < -0.39 is 5.60 Å². The molecule has 0 bridgehead atoms. The minimum Gasteiger partial charge on any atom is -0.444 e. The van der Waals surface area contributed by atoms with Crippen LogP contribution in [-0.4, -0.2) is 49.2 Å². The lowest BCUT2D eigenvalue weighted by Gasteiger charge is -2.27. The van der Waals surface area contributed by atoms with Crippen molar-refractivity contribution >= 4 is 17.9 Å². The third-order valence-corrected chi connectivity index (χ3v) is 3.66. The summed E-state index contributed by atoms with van der Waals surface area (Å²) in [7, 11) is 0. The molecule has 6 heteroatoms. The Kier molecular flexibility index (Phi) is 8.44. The Labute approximate surface area is 132 Å². The van der Waals surface area contributed by atoms with Gasteiger partial charge in [0, 0.05) is 6.61 Å². The van der Waals surface area contributed by atoms with E-state index in [1.165, 1.54) is 0 Å². The number of hydrogen-bond acceptors (Lipinski definition) is 5. The summed E-state index contributed by atoms with van der Waals surface area (Å²) in [5, 5.41) is 2.89. The van der Waals surface area contributed by atoms with E-state index in [9.17, 15) is 4.79 Å². The van der Waals surface area contributed by atoms with Crippen molar-refractivity contribution in [3.05, 3.63) is 0 Å². The molecule has 2 atom stereocenters. The second kappa shape index (κ2) is 9.54. The molecule has 1 aliphatic heterocycles. The molecule has 0 radical (unpaired) electrons. The summed E-state index contributed by atoms with van der Waals surface area (Å²) in [5.74, 6) is 0.968. The molecule has 1 fully saturated rings. The predicted molar refractivity (Wildman–Crippen MR) is 85.7 cm³/mol. The van der Waals surface area contributed by atoms with E-state index in [0.29, 0.717) is 6.61 Å². The van der Waals surface area contributed by atoms with Gasteiger partial charge in [-0.25, -0.2) is 4.79 Å². The Morgan fingerprint density at radius 2 is 2.19 bits per heavy atom. The van der Waals surface area contributed by atoms with Crippen LogP contribution in [-0.2, 0) is 14.2 Å². The van der Waals surface area contributed by atoms with Crippen LogP contribution in [0.3, 0.4) is 0 Å². The van der Waals surface area contributed by atoms with Crippen molar-refractivity contribution in [3.8, 4) is 0 Å². The van der Waals surface area contributed by atoms with Gasteiger partial charge in [-0.3, -0.25) is 0 Å². The van der Waals surface area contributed by atoms with Gasteiger partial charge in [-0.1, -0.05) is 0 Å². The van der Waals surface area contributed by atoms with Crippen molar-refractivity contribution in [2.24, 2.45) is 0 Å². The summed E-state index contributed by atoms with van der Waals surface area (Å²) < 4.78 is 16.6. The first kappa shape index (κ1) is 18.6. The van der Waals surface area contributed by atoms with Crippen molar-refractivity contribution in [1.29, 1.82) is 0 Å². The summed E-state index contributed by atoms with van der Waals surface area (Å²) in [5.41, 5.74) is -0.485. The Morgan fingerprint density at radius 3 is 2.76 bits per heavy atom. The van der Waals surface area contributed by atoms with Crippen LogP contribution in [0.25, 0.3) is 0 Å². The van der Waals surface area contributed by atoms with E-state index in [1.807, 2.05) is 20.8 Å². The highest BCUT2D eigenvalue weighted by molar-refractivity contribution is 7.98. The summed E-state index contributed by atoms with van der Waals surface area (Å²) in [6.07, 6.45) is 5.56. The normalized spacial score (nSPS) is 20.9. The number of nitrogens with one attached hydrogen (secondary N) is 1. The van der Waals surface area contributed by atoms with Crippen LogP contribution in [0.1, 0.15) is 46.5 Å². The zero-order valence-electron chi connectivity index (χ0n) is 13.6. The van der Waals surface area contributed by atoms with Gasteiger partial charge >= 0.3 is 6.09 Å². The highest BCUT2D eigenvalue weighted by Gasteiger charge is 2.21. The first-order valence-electron chi connectivity index (χ1n) is 7.62. The number of ether oxygens (including phenoxy) is 3. The molecule has 1 amide bonds. The predicted octanol–water partition coefficient (Wildman–Crippen LogP) is 3.18. The van der Waals surface area contributed by atoms with Gasteiger partial charge in [0.1, 0.15) is 5.60 Å². The molecule has 5 nitrogen and oxygen atoms in total. The molecule has 0 aromatic carbocycles. The molecule has 124 valence electrons.